The first kappa shape index (κ1) is 26.6. The first-order valence-corrected chi connectivity index (χ1v) is 5.97. The molecule has 0 saturated heterocycles. The number of aliphatic carboxylic acids is 1. The average molecular weight is 407 g/mol. The SMILES string of the molecule is CC(=O)O.Clc1cccc(-c2ccccc2)c1Cl.O.[H-].[K+].[Zn]. The maximum atomic E-state index is 9.00. The van der Waals surface area contributed by atoms with Gasteiger partial charge in [-0.3, -0.25) is 4.79 Å². The molecule has 106 valence electrons. The molecule has 0 fully saturated rings. The molecule has 0 saturated carbocycles. The predicted molar refractivity (Wildman–Crippen MR) is 79.9 cm³/mol. The molecule has 0 aromatic heterocycles. The number of hydrogen-bond acceptors (Lipinski definition) is 1. The maximum absolute atomic E-state index is 9.00. The quantitative estimate of drug-likeness (QED) is 0.719. The number of carbonyl (C=O) groups is 1. The van der Waals surface area contributed by atoms with E-state index >= 15 is 0 Å². The maximum Gasteiger partial charge on any atom is 1.00 e. The summed E-state index contributed by atoms with van der Waals surface area (Å²) in [4.78, 5) is 9.00. The van der Waals surface area contributed by atoms with Gasteiger partial charge in [-0.1, -0.05) is 65.7 Å². The van der Waals surface area contributed by atoms with E-state index in [1.165, 1.54) is 0 Å². The van der Waals surface area contributed by atoms with Crippen LogP contribution in [0.15, 0.2) is 48.5 Å². The van der Waals surface area contributed by atoms with E-state index in [0.29, 0.717) is 10.0 Å². The first-order chi connectivity index (χ1) is 8.52. The number of benzene rings is 2. The molecule has 0 bridgehead atoms. The number of hydrogen-bond donors (Lipinski definition) is 1. The minimum absolute atomic E-state index is 0. The van der Waals surface area contributed by atoms with Crippen molar-refractivity contribution in [2.75, 3.05) is 0 Å². The van der Waals surface area contributed by atoms with E-state index in [2.05, 4.69) is 0 Å². The zero-order valence-electron chi connectivity index (χ0n) is 12.9. The van der Waals surface area contributed by atoms with Crippen LogP contribution in [0.2, 0.25) is 10.0 Å². The molecule has 0 heterocycles. The van der Waals surface area contributed by atoms with Crippen molar-refractivity contribution in [1.82, 2.24) is 0 Å². The summed E-state index contributed by atoms with van der Waals surface area (Å²) in [6.07, 6.45) is 0. The second kappa shape index (κ2) is 14.3. The van der Waals surface area contributed by atoms with Crippen LogP contribution in [0.4, 0.5) is 0 Å². The van der Waals surface area contributed by atoms with Crippen LogP contribution in [-0.4, -0.2) is 16.6 Å². The Morgan fingerprint density at radius 1 is 1.05 bits per heavy atom. The minimum Gasteiger partial charge on any atom is -1.00 e. The Morgan fingerprint density at radius 3 is 2.00 bits per heavy atom. The molecule has 0 atom stereocenters. The van der Waals surface area contributed by atoms with Crippen LogP contribution in [0.3, 0.4) is 0 Å². The van der Waals surface area contributed by atoms with Gasteiger partial charge in [0.25, 0.3) is 5.97 Å². The molecule has 0 radical (unpaired) electrons. The molecular weight excluding hydrogens is 392 g/mol. The Balaban J connectivity index is -0.000000184. The summed E-state index contributed by atoms with van der Waals surface area (Å²) in [7, 11) is 0. The fraction of sp³-hybridized carbons (Fsp3) is 0.0714. The number of rotatable bonds is 1. The molecule has 0 aliphatic heterocycles. The van der Waals surface area contributed by atoms with Gasteiger partial charge in [-0.2, -0.15) is 0 Å². The number of halogens is 2. The molecular formula is C14H15Cl2KO3Zn. The van der Waals surface area contributed by atoms with Crippen molar-refractivity contribution < 1.29 is 87.7 Å². The van der Waals surface area contributed by atoms with Crippen LogP contribution < -0.4 is 51.4 Å². The molecule has 0 unspecified atom stereocenters. The second-order valence-electron chi connectivity index (χ2n) is 3.49. The van der Waals surface area contributed by atoms with Crippen molar-refractivity contribution in [1.29, 1.82) is 0 Å². The smallest absolute Gasteiger partial charge is 1.00 e. The molecule has 2 aromatic carbocycles. The molecule has 0 aliphatic carbocycles. The van der Waals surface area contributed by atoms with Crippen molar-refractivity contribution in [3.8, 4) is 11.1 Å². The van der Waals surface area contributed by atoms with Gasteiger partial charge in [0.05, 0.1) is 10.0 Å². The van der Waals surface area contributed by atoms with Crippen molar-refractivity contribution in [2.24, 2.45) is 0 Å². The molecule has 3 nitrogen and oxygen atoms in total. The minimum atomic E-state index is -0.833. The molecule has 0 aliphatic rings. The molecule has 7 heteroatoms. The van der Waals surface area contributed by atoms with E-state index in [0.717, 1.165) is 18.1 Å². The molecule has 21 heavy (non-hydrogen) atoms. The van der Waals surface area contributed by atoms with Gasteiger partial charge < -0.3 is 12.0 Å². The van der Waals surface area contributed by atoms with E-state index in [9.17, 15) is 0 Å². The van der Waals surface area contributed by atoms with Crippen LogP contribution in [0.25, 0.3) is 11.1 Å². The van der Waals surface area contributed by atoms with E-state index < -0.39 is 5.97 Å². The largest absolute Gasteiger partial charge is 1.00 e. The number of carboxylic acid groups (broad SMARTS) is 1. The summed E-state index contributed by atoms with van der Waals surface area (Å²) < 4.78 is 0. The first-order valence-electron chi connectivity index (χ1n) is 5.21. The van der Waals surface area contributed by atoms with Crippen LogP contribution >= 0.6 is 23.2 Å². The van der Waals surface area contributed by atoms with Gasteiger partial charge >= 0.3 is 51.4 Å². The van der Waals surface area contributed by atoms with Crippen LogP contribution in [0.1, 0.15) is 8.35 Å². The molecule has 0 amide bonds. The van der Waals surface area contributed by atoms with Gasteiger partial charge in [-0.05, 0) is 11.6 Å². The summed E-state index contributed by atoms with van der Waals surface area (Å²) in [5.41, 5.74) is 2.06. The van der Waals surface area contributed by atoms with Gasteiger partial charge in [0.15, 0.2) is 0 Å². The summed E-state index contributed by atoms with van der Waals surface area (Å²) in [5, 5.41) is 8.62. The Kier molecular flexibility index (Phi) is 18.1. The van der Waals surface area contributed by atoms with Crippen molar-refractivity contribution in [3.05, 3.63) is 58.6 Å². The van der Waals surface area contributed by atoms with Crippen molar-refractivity contribution in [3.63, 3.8) is 0 Å². The molecule has 2 rings (SSSR count). The van der Waals surface area contributed by atoms with Gasteiger partial charge in [0.2, 0.25) is 0 Å². The molecule has 0 spiro atoms. The van der Waals surface area contributed by atoms with Crippen LogP contribution in [-0.2, 0) is 24.3 Å². The van der Waals surface area contributed by atoms with Crippen molar-refractivity contribution in [2.45, 2.75) is 6.92 Å². The van der Waals surface area contributed by atoms with Gasteiger partial charge in [0.1, 0.15) is 0 Å². The van der Waals surface area contributed by atoms with E-state index in [1.807, 2.05) is 42.5 Å². The summed E-state index contributed by atoms with van der Waals surface area (Å²) in [5.74, 6) is -0.833. The third-order valence-electron chi connectivity index (χ3n) is 2.04. The normalized spacial score (nSPS) is 7.95. The van der Waals surface area contributed by atoms with E-state index in [1.54, 1.807) is 6.07 Å². The fourth-order valence-corrected chi connectivity index (χ4v) is 1.75. The van der Waals surface area contributed by atoms with E-state index in [4.69, 9.17) is 33.1 Å². The standard InChI is InChI=1S/C12H8Cl2.C2H4O2.K.H2O.Zn.H/c13-11-8-4-7-10(12(11)14)9-5-2-1-3-6-9;1-2(3)4;;;;/h1-8H;1H3,(H,3,4);;1H2;;/q;;+1;;;-1. The molecule has 3 N–H and O–H groups in total. The van der Waals surface area contributed by atoms with Crippen molar-refractivity contribution >= 4 is 29.2 Å². The fourth-order valence-electron chi connectivity index (χ4n) is 1.34. The van der Waals surface area contributed by atoms with Gasteiger partial charge in [-0.15, -0.1) is 0 Å². The number of carboxylic acids is 1. The third kappa shape index (κ3) is 10.2. The second-order valence-corrected chi connectivity index (χ2v) is 4.27. The van der Waals surface area contributed by atoms with E-state index in [-0.39, 0.29) is 77.8 Å². The zero-order chi connectivity index (χ0) is 13.5. The Labute approximate surface area is 191 Å². The summed E-state index contributed by atoms with van der Waals surface area (Å²) in [6, 6.07) is 15.6. The Hall–Kier alpha value is 0.710. The average Bonchev–Trinajstić information content (AvgIpc) is 2.33. The zero-order valence-corrected chi connectivity index (χ0v) is 19.5. The van der Waals surface area contributed by atoms with Crippen LogP contribution in [0, 0.1) is 0 Å². The predicted octanol–water partition coefficient (Wildman–Crippen LogP) is 1.04. The van der Waals surface area contributed by atoms with Gasteiger partial charge in [-0.25, -0.2) is 0 Å². The Morgan fingerprint density at radius 2 is 1.52 bits per heavy atom. The van der Waals surface area contributed by atoms with Gasteiger partial charge in [0, 0.05) is 32.0 Å². The summed E-state index contributed by atoms with van der Waals surface area (Å²) in [6.45, 7) is 1.08. The monoisotopic (exact) mass is 404 g/mol. The topological polar surface area (TPSA) is 68.8 Å². The Bertz CT molecular complexity index is 541. The van der Waals surface area contributed by atoms with Crippen LogP contribution in [0.5, 0.6) is 0 Å². The molecule has 2 aromatic rings. The third-order valence-corrected chi connectivity index (χ3v) is 2.86. The summed E-state index contributed by atoms with van der Waals surface area (Å²) >= 11 is 12.0.